The molecular formula is C18H22O. The van der Waals surface area contributed by atoms with E-state index in [1.165, 1.54) is 22.3 Å². The molecule has 2 aromatic carbocycles. The molecule has 0 aromatic heterocycles. The predicted octanol–water partition coefficient (Wildman–Crippen LogP) is 3.90. The first kappa shape index (κ1) is 13.8. The summed E-state index contributed by atoms with van der Waals surface area (Å²) in [5.41, 5.74) is 5.27. The highest BCUT2D eigenvalue weighted by molar-refractivity contribution is 5.38. The second kappa shape index (κ2) is 6.53. The third kappa shape index (κ3) is 3.68. The molecule has 1 atom stereocenters. The quantitative estimate of drug-likeness (QED) is 0.858. The maximum absolute atomic E-state index is 9.89. The molecule has 0 heterocycles. The molecule has 1 heteroatoms. The lowest BCUT2D eigenvalue weighted by Gasteiger charge is -2.15. The molecular weight excluding hydrogens is 232 g/mol. The van der Waals surface area contributed by atoms with E-state index in [4.69, 9.17) is 0 Å². The van der Waals surface area contributed by atoms with Crippen LogP contribution in [0, 0.1) is 6.92 Å². The Morgan fingerprint density at radius 3 is 2.42 bits per heavy atom. The molecule has 1 unspecified atom stereocenters. The first-order valence-corrected chi connectivity index (χ1v) is 7.00. The highest BCUT2D eigenvalue weighted by Gasteiger charge is 2.10. The van der Waals surface area contributed by atoms with Crippen molar-refractivity contribution in [3.63, 3.8) is 0 Å². The van der Waals surface area contributed by atoms with Gasteiger partial charge in [0.15, 0.2) is 0 Å². The normalized spacial score (nSPS) is 12.4. The molecule has 0 fully saturated rings. The van der Waals surface area contributed by atoms with Crippen molar-refractivity contribution in [1.82, 2.24) is 0 Å². The van der Waals surface area contributed by atoms with Gasteiger partial charge in [-0.2, -0.15) is 0 Å². The Kier molecular flexibility index (Phi) is 4.75. The fourth-order valence-electron chi connectivity index (χ4n) is 2.41. The Morgan fingerprint density at radius 1 is 1.00 bits per heavy atom. The van der Waals surface area contributed by atoms with Gasteiger partial charge in [-0.25, -0.2) is 0 Å². The Hall–Kier alpha value is -1.60. The minimum Gasteiger partial charge on any atom is -0.393 e. The summed E-state index contributed by atoms with van der Waals surface area (Å²) in [6, 6.07) is 16.9. The van der Waals surface area contributed by atoms with Crippen LogP contribution >= 0.6 is 0 Å². The number of rotatable bonds is 5. The number of hydrogen-bond donors (Lipinski definition) is 1. The van der Waals surface area contributed by atoms with Gasteiger partial charge in [0.05, 0.1) is 6.10 Å². The minimum absolute atomic E-state index is 0.240. The molecule has 0 radical (unpaired) electrons. The van der Waals surface area contributed by atoms with E-state index in [1.807, 2.05) is 13.0 Å². The van der Waals surface area contributed by atoms with Gasteiger partial charge in [0, 0.05) is 0 Å². The predicted molar refractivity (Wildman–Crippen MR) is 80.4 cm³/mol. The van der Waals surface area contributed by atoms with Crippen LogP contribution in [0.25, 0.3) is 0 Å². The second-order valence-corrected chi connectivity index (χ2v) is 5.14. The van der Waals surface area contributed by atoms with E-state index in [9.17, 15) is 5.11 Å². The van der Waals surface area contributed by atoms with Gasteiger partial charge in [0.2, 0.25) is 0 Å². The van der Waals surface area contributed by atoms with Crippen molar-refractivity contribution in [3.8, 4) is 0 Å². The van der Waals surface area contributed by atoms with Crippen molar-refractivity contribution in [1.29, 1.82) is 0 Å². The average molecular weight is 254 g/mol. The van der Waals surface area contributed by atoms with Crippen LogP contribution in [0.1, 0.15) is 35.6 Å². The number of aliphatic hydroxyl groups is 1. The van der Waals surface area contributed by atoms with E-state index < -0.39 is 0 Å². The van der Waals surface area contributed by atoms with Crippen LogP contribution < -0.4 is 0 Å². The Morgan fingerprint density at radius 2 is 1.74 bits per heavy atom. The largest absolute Gasteiger partial charge is 0.393 e. The maximum atomic E-state index is 9.89. The third-order valence-corrected chi connectivity index (χ3v) is 3.66. The Bertz CT molecular complexity index is 516. The molecule has 1 nitrogen and oxygen atoms in total. The van der Waals surface area contributed by atoms with Gasteiger partial charge in [0.25, 0.3) is 0 Å². The van der Waals surface area contributed by atoms with E-state index in [-0.39, 0.29) is 6.10 Å². The van der Waals surface area contributed by atoms with Gasteiger partial charge in [-0.05, 0) is 48.4 Å². The molecule has 0 aliphatic rings. The molecule has 0 saturated heterocycles. The van der Waals surface area contributed by atoms with Gasteiger partial charge in [0.1, 0.15) is 0 Å². The molecule has 0 spiro atoms. The molecule has 2 rings (SSSR count). The van der Waals surface area contributed by atoms with Crippen LogP contribution in [0.3, 0.4) is 0 Å². The molecule has 0 amide bonds. The highest BCUT2D eigenvalue weighted by atomic mass is 16.3. The molecule has 0 bridgehead atoms. The summed E-state index contributed by atoms with van der Waals surface area (Å²) in [5.74, 6) is 0. The summed E-state index contributed by atoms with van der Waals surface area (Å²) in [4.78, 5) is 0. The minimum atomic E-state index is -0.240. The lowest BCUT2D eigenvalue weighted by molar-refractivity contribution is 0.170. The summed E-state index contributed by atoms with van der Waals surface area (Å²) in [6.07, 6.45) is 2.26. The zero-order valence-electron chi connectivity index (χ0n) is 11.8. The molecule has 1 N–H and O–H groups in total. The van der Waals surface area contributed by atoms with Gasteiger partial charge >= 0.3 is 0 Å². The number of aryl methyl sites for hydroxylation is 1. The number of hydrogen-bond acceptors (Lipinski definition) is 1. The number of benzene rings is 2. The van der Waals surface area contributed by atoms with Crippen molar-refractivity contribution in [3.05, 3.63) is 70.8 Å². The second-order valence-electron chi connectivity index (χ2n) is 5.14. The van der Waals surface area contributed by atoms with Crippen molar-refractivity contribution >= 4 is 0 Å². The SMILES string of the molecule is CCC(O)Cc1cccc(C)c1Cc1ccccc1. The van der Waals surface area contributed by atoms with Gasteiger partial charge in [-0.3, -0.25) is 0 Å². The van der Waals surface area contributed by atoms with Crippen LogP contribution in [0.15, 0.2) is 48.5 Å². The first-order valence-electron chi connectivity index (χ1n) is 7.00. The van der Waals surface area contributed by atoms with Crippen LogP contribution in [0.2, 0.25) is 0 Å². The van der Waals surface area contributed by atoms with Crippen molar-refractivity contribution < 1.29 is 5.11 Å². The van der Waals surface area contributed by atoms with Crippen LogP contribution in [-0.4, -0.2) is 11.2 Å². The summed E-state index contributed by atoms with van der Waals surface area (Å²) in [7, 11) is 0. The van der Waals surface area contributed by atoms with Crippen LogP contribution in [0.4, 0.5) is 0 Å². The van der Waals surface area contributed by atoms with Gasteiger partial charge in [-0.15, -0.1) is 0 Å². The Balaban J connectivity index is 2.27. The molecule has 0 aliphatic carbocycles. The van der Waals surface area contributed by atoms with Crippen LogP contribution in [0.5, 0.6) is 0 Å². The molecule has 2 aromatic rings. The van der Waals surface area contributed by atoms with E-state index in [0.717, 1.165) is 19.3 Å². The summed E-state index contributed by atoms with van der Waals surface area (Å²) >= 11 is 0. The monoisotopic (exact) mass is 254 g/mol. The first-order chi connectivity index (χ1) is 9.20. The lowest BCUT2D eigenvalue weighted by atomic mass is 9.92. The summed E-state index contributed by atoms with van der Waals surface area (Å²) in [6.45, 7) is 4.18. The standard InChI is InChI=1S/C18H22O/c1-3-17(19)13-16-11-7-8-14(2)18(16)12-15-9-5-4-6-10-15/h4-11,17,19H,3,12-13H2,1-2H3. The summed E-state index contributed by atoms with van der Waals surface area (Å²) in [5, 5.41) is 9.89. The van der Waals surface area contributed by atoms with Crippen molar-refractivity contribution in [2.45, 2.75) is 39.2 Å². The smallest absolute Gasteiger partial charge is 0.0578 e. The van der Waals surface area contributed by atoms with Crippen molar-refractivity contribution in [2.75, 3.05) is 0 Å². The Labute approximate surface area is 115 Å². The van der Waals surface area contributed by atoms with E-state index >= 15 is 0 Å². The summed E-state index contributed by atoms with van der Waals surface area (Å²) < 4.78 is 0. The topological polar surface area (TPSA) is 20.2 Å². The highest BCUT2D eigenvalue weighted by Crippen LogP contribution is 2.20. The maximum Gasteiger partial charge on any atom is 0.0578 e. The van der Waals surface area contributed by atoms with E-state index in [2.05, 4.69) is 49.4 Å². The third-order valence-electron chi connectivity index (χ3n) is 3.66. The molecule has 100 valence electrons. The lowest BCUT2D eigenvalue weighted by Crippen LogP contribution is -2.11. The fraction of sp³-hybridized carbons (Fsp3) is 0.333. The molecule has 19 heavy (non-hydrogen) atoms. The van der Waals surface area contributed by atoms with Crippen molar-refractivity contribution in [2.24, 2.45) is 0 Å². The molecule has 0 aliphatic heterocycles. The molecule has 0 saturated carbocycles. The number of aliphatic hydroxyl groups excluding tert-OH is 1. The fourth-order valence-corrected chi connectivity index (χ4v) is 2.41. The zero-order chi connectivity index (χ0) is 13.7. The van der Waals surface area contributed by atoms with E-state index in [0.29, 0.717) is 0 Å². The van der Waals surface area contributed by atoms with Crippen LogP contribution in [-0.2, 0) is 12.8 Å². The average Bonchev–Trinajstić information content (AvgIpc) is 2.43. The zero-order valence-corrected chi connectivity index (χ0v) is 11.8. The van der Waals surface area contributed by atoms with Gasteiger partial charge in [-0.1, -0.05) is 55.5 Å². The van der Waals surface area contributed by atoms with Gasteiger partial charge < -0.3 is 5.11 Å². The van der Waals surface area contributed by atoms with E-state index in [1.54, 1.807) is 0 Å².